The van der Waals surface area contributed by atoms with Gasteiger partial charge in [0.25, 0.3) is 0 Å². The molecule has 120 valence electrons. The Labute approximate surface area is 140 Å². The van der Waals surface area contributed by atoms with Crippen molar-refractivity contribution >= 4 is 11.7 Å². The summed E-state index contributed by atoms with van der Waals surface area (Å²) in [5.41, 5.74) is 1.70. The molecule has 3 rings (SSSR count). The van der Waals surface area contributed by atoms with Gasteiger partial charge >= 0.3 is 6.03 Å². The van der Waals surface area contributed by atoms with E-state index in [1.54, 1.807) is 12.4 Å². The number of hydrogen-bond donors (Lipinski definition) is 2. The van der Waals surface area contributed by atoms with Crippen molar-refractivity contribution in [3.05, 3.63) is 84.7 Å². The van der Waals surface area contributed by atoms with Crippen LogP contribution in [0.1, 0.15) is 5.56 Å². The van der Waals surface area contributed by atoms with E-state index in [9.17, 15) is 4.79 Å². The third-order valence-corrected chi connectivity index (χ3v) is 3.25. The van der Waals surface area contributed by atoms with E-state index in [-0.39, 0.29) is 6.03 Å². The first kappa shape index (κ1) is 15.6. The highest BCUT2D eigenvalue weighted by molar-refractivity contribution is 5.89. The molecule has 0 aliphatic heterocycles. The Bertz CT molecular complexity index is 792. The van der Waals surface area contributed by atoms with E-state index in [1.807, 2.05) is 66.7 Å². The van der Waals surface area contributed by atoms with Gasteiger partial charge in [-0.2, -0.15) is 0 Å². The van der Waals surface area contributed by atoms with Gasteiger partial charge in [0.2, 0.25) is 0 Å². The monoisotopic (exact) mass is 319 g/mol. The van der Waals surface area contributed by atoms with Crippen LogP contribution in [0.3, 0.4) is 0 Å². The zero-order valence-electron chi connectivity index (χ0n) is 13.0. The second kappa shape index (κ2) is 7.78. The Morgan fingerprint density at radius 3 is 2.58 bits per heavy atom. The summed E-state index contributed by atoms with van der Waals surface area (Å²) < 4.78 is 5.73. The molecule has 0 aliphatic carbocycles. The summed E-state index contributed by atoms with van der Waals surface area (Å²) in [4.78, 5) is 15.9. The van der Waals surface area contributed by atoms with Gasteiger partial charge in [-0.3, -0.25) is 4.98 Å². The van der Waals surface area contributed by atoms with Gasteiger partial charge in [0, 0.05) is 18.4 Å². The Balaban J connectivity index is 1.55. The van der Waals surface area contributed by atoms with Crippen LogP contribution in [0.5, 0.6) is 11.5 Å². The first-order chi connectivity index (χ1) is 11.8. The smallest absolute Gasteiger partial charge is 0.319 e. The number of carbonyl (C=O) groups is 1. The maximum atomic E-state index is 11.9. The van der Waals surface area contributed by atoms with E-state index in [0.29, 0.717) is 18.0 Å². The lowest BCUT2D eigenvalue weighted by atomic mass is 10.2. The molecule has 5 heteroatoms. The van der Waals surface area contributed by atoms with Crippen LogP contribution in [0, 0.1) is 0 Å². The van der Waals surface area contributed by atoms with Crippen molar-refractivity contribution in [1.29, 1.82) is 0 Å². The molecule has 0 unspecified atom stereocenters. The molecule has 0 radical (unpaired) electrons. The van der Waals surface area contributed by atoms with Gasteiger partial charge in [-0.05, 0) is 42.0 Å². The number of rotatable bonds is 5. The Kier molecular flexibility index (Phi) is 5.04. The van der Waals surface area contributed by atoms with Crippen LogP contribution in [-0.2, 0) is 6.54 Å². The van der Waals surface area contributed by atoms with Crippen LogP contribution < -0.4 is 15.4 Å². The van der Waals surface area contributed by atoms with Gasteiger partial charge < -0.3 is 15.4 Å². The highest BCUT2D eigenvalue weighted by atomic mass is 16.5. The number of amides is 2. The normalized spacial score (nSPS) is 10.0. The van der Waals surface area contributed by atoms with Crippen LogP contribution in [0.15, 0.2) is 79.1 Å². The number of pyridine rings is 1. The summed E-state index contributed by atoms with van der Waals surface area (Å²) in [6, 6.07) is 20.3. The minimum Gasteiger partial charge on any atom is -0.456 e. The lowest BCUT2D eigenvalue weighted by molar-refractivity contribution is 0.251. The van der Waals surface area contributed by atoms with E-state index in [0.717, 1.165) is 11.3 Å². The SMILES string of the molecule is O=C(NCc1cccc(Oc2cccnc2)c1)Nc1ccccc1. The molecule has 5 nitrogen and oxygen atoms in total. The molecule has 0 aliphatic rings. The van der Waals surface area contributed by atoms with Crippen molar-refractivity contribution in [2.75, 3.05) is 5.32 Å². The number of ether oxygens (including phenoxy) is 1. The molecular formula is C19H17N3O2. The first-order valence-corrected chi connectivity index (χ1v) is 7.56. The molecule has 0 bridgehead atoms. The van der Waals surface area contributed by atoms with Crippen molar-refractivity contribution in [2.45, 2.75) is 6.54 Å². The summed E-state index contributed by atoms with van der Waals surface area (Å²) in [5, 5.41) is 5.60. The summed E-state index contributed by atoms with van der Waals surface area (Å²) in [6.07, 6.45) is 3.34. The van der Waals surface area contributed by atoms with Crippen LogP contribution in [0.25, 0.3) is 0 Å². The lowest BCUT2D eigenvalue weighted by Crippen LogP contribution is -2.28. The number of nitrogens with zero attached hydrogens (tertiary/aromatic N) is 1. The zero-order valence-corrected chi connectivity index (χ0v) is 13.0. The van der Waals surface area contributed by atoms with Crippen LogP contribution in [0.2, 0.25) is 0 Å². The molecule has 1 aromatic heterocycles. The Morgan fingerprint density at radius 1 is 0.958 bits per heavy atom. The average molecular weight is 319 g/mol. The predicted molar refractivity (Wildman–Crippen MR) is 93.1 cm³/mol. The number of para-hydroxylation sites is 1. The third-order valence-electron chi connectivity index (χ3n) is 3.25. The molecule has 2 amide bonds. The molecular weight excluding hydrogens is 302 g/mol. The topological polar surface area (TPSA) is 63.2 Å². The van der Waals surface area contributed by atoms with Crippen molar-refractivity contribution in [3.63, 3.8) is 0 Å². The molecule has 1 heterocycles. The lowest BCUT2D eigenvalue weighted by Gasteiger charge is -2.09. The van der Waals surface area contributed by atoms with Gasteiger partial charge in [-0.15, -0.1) is 0 Å². The number of benzene rings is 2. The fourth-order valence-corrected chi connectivity index (χ4v) is 2.14. The van der Waals surface area contributed by atoms with Gasteiger partial charge in [0.05, 0.1) is 6.20 Å². The highest BCUT2D eigenvalue weighted by Crippen LogP contribution is 2.21. The number of anilines is 1. The summed E-state index contributed by atoms with van der Waals surface area (Å²) >= 11 is 0. The molecule has 2 N–H and O–H groups in total. The number of hydrogen-bond acceptors (Lipinski definition) is 3. The standard InChI is InChI=1S/C19H17N3O2/c23-19(22-16-7-2-1-3-8-16)21-13-15-6-4-9-17(12-15)24-18-10-5-11-20-14-18/h1-12,14H,13H2,(H2,21,22,23). The Hall–Kier alpha value is -3.34. The van der Waals surface area contributed by atoms with Gasteiger partial charge in [-0.1, -0.05) is 30.3 Å². The van der Waals surface area contributed by atoms with Crippen LogP contribution >= 0.6 is 0 Å². The minimum atomic E-state index is -0.250. The second-order valence-corrected chi connectivity index (χ2v) is 5.11. The third kappa shape index (κ3) is 4.58. The number of nitrogens with one attached hydrogen (secondary N) is 2. The fraction of sp³-hybridized carbons (Fsp3) is 0.0526. The number of carbonyl (C=O) groups excluding carboxylic acids is 1. The molecule has 0 spiro atoms. The van der Waals surface area contributed by atoms with Gasteiger partial charge in [0.1, 0.15) is 11.5 Å². The van der Waals surface area contributed by atoms with E-state index in [2.05, 4.69) is 15.6 Å². The minimum absolute atomic E-state index is 0.250. The van der Waals surface area contributed by atoms with E-state index in [4.69, 9.17) is 4.74 Å². The van der Waals surface area contributed by atoms with E-state index < -0.39 is 0 Å². The Morgan fingerprint density at radius 2 is 1.79 bits per heavy atom. The highest BCUT2D eigenvalue weighted by Gasteiger charge is 2.03. The number of urea groups is 1. The maximum absolute atomic E-state index is 11.9. The van der Waals surface area contributed by atoms with Crippen LogP contribution in [0.4, 0.5) is 10.5 Å². The second-order valence-electron chi connectivity index (χ2n) is 5.11. The average Bonchev–Trinajstić information content (AvgIpc) is 2.62. The van der Waals surface area contributed by atoms with Crippen molar-refractivity contribution < 1.29 is 9.53 Å². The van der Waals surface area contributed by atoms with Crippen molar-refractivity contribution in [1.82, 2.24) is 10.3 Å². The molecule has 0 saturated heterocycles. The molecule has 0 fully saturated rings. The molecule has 2 aromatic carbocycles. The quantitative estimate of drug-likeness (QED) is 0.741. The van der Waals surface area contributed by atoms with Crippen molar-refractivity contribution in [2.24, 2.45) is 0 Å². The first-order valence-electron chi connectivity index (χ1n) is 7.56. The van der Waals surface area contributed by atoms with Gasteiger partial charge in [0.15, 0.2) is 0 Å². The van der Waals surface area contributed by atoms with Gasteiger partial charge in [-0.25, -0.2) is 4.79 Å². The fourth-order valence-electron chi connectivity index (χ4n) is 2.14. The molecule has 24 heavy (non-hydrogen) atoms. The summed E-state index contributed by atoms with van der Waals surface area (Å²) in [6.45, 7) is 0.406. The van der Waals surface area contributed by atoms with Crippen LogP contribution in [-0.4, -0.2) is 11.0 Å². The van der Waals surface area contributed by atoms with E-state index in [1.165, 1.54) is 0 Å². The molecule has 0 saturated carbocycles. The van der Waals surface area contributed by atoms with E-state index >= 15 is 0 Å². The zero-order chi connectivity index (χ0) is 16.6. The predicted octanol–water partition coefficient (Wildman–Crippen LogP) is 4.20. The molecule has 3 aromatic rings. The maximum Gasteiger partial charge on any atom is 0.319 e. The molecule has 0 atom stereocenters. The number of aromatic nitrogens is 1. The summed E-state index contributed by atoms with van der Waals surface area (Å²) in [5.74, 6) is 1.37. The van der Waals surface area contributed by atoms with Crippen molar-refractivity contribution in [3.8, 4) is 11.5 Å². The summed E-state index contributed by atoms with van der Waals surface area (Å²) in [7, 11) is 0. The largest absolute Gasteiger partial charge is 0.456 e.